The number of carbonyl (C=O) groups excluding carboxylic acids is 1. The first-order valence-electron chi connectivity index (χ1n) is 6.21. The smallest absolute Gasteiger partial charge is 0.337 e. The number of primary sulfonamides is 1. The summed E-state index contributed by atoms with van der Waals surface area (Å²) in [6.07, 6.45) is 1.91. The Labute approximate surface area is 121 Å². The van der Waals surface area contributed by atoms with Crippen molar-refractivity contribution >= 4 is 27.6 Å². The maximum absolute atomic E-state index is 11.5. The third-order valence-electron chi connectivity index (χ3n) is 2.93. The number of rotatable bonds is 6. The Bertz CT molecular complexity index is 682. The lowest BCUT2D eigenvalue weighted by molar-refractivity contribution is -0.119. The summed E-state index contributed by atoms with van der Waals surface area (Å²) >= 11 is 0. The monoisotopic (exact) mass is 313 g/mol. The van der Waals surface area contributed by atoms with Gasteiger partial charge in [0.25, 0.3) is 0 Å². The van der Waals surface area contributed by atoms with Gasteiger partial charge >= 0.3 is 5.97 Å². The molecule has 1 saturated carbocycles. The van der Waals surface area contributed by atoms with Crippen LogP contribution in [0.1, 0.15) is 23.2 Å². The van der Waals surface area contributed by atoms with Gasteiger partial charge in [-0.3, -0.25) is 4.79 Å². The lowest BCUT2D eigenvalue weighted by Gasteiger charge is -2.11. The van der Waals surface area contributed by atoms with Gasteiger partial charge in [0.15, 0.2) is 0 Å². The number of nitrogens with two attached hydrogens (primary N) is 1. The molecule has 0 bridgehead atoms. The first-order chi connectivity index (χ1) is 9.77. The minimum absolute atomic E-state index is 0.0918. The lowest BCUT2D eigenvalue weighted by Crippen LogP contribution is -2.31. The van der Waals surface area contributed by atoms with E-state index < -0.39 is 16.0 Å². The van der Waals surface area contributed by atoms with Gasteiger partial charge in [0, 0.05) is 11.7 Å². The number of benzene rings is 1. The Morgan fingerprint density at radius 3 is 2.52 bits per heavy atom. The molecule has 0 unspecified atom stereocenters. The van der Waals surface area contributed by atoms with E-state index in [0.29, 0.717) is 0 Å². The van der Waals surface area contributed by atoms with E-state index in [1.165, 1.54) is 12.1 Å². The van der Waals surface area contributed by atoms with Crippen molar-refractivity contribution in [3.63, 3.8) is 0 Å². The molecule has 0 aliphatic heterocycles. The number of hydrogen-bond acceptors (Lipinski definition) is 5. The molecule has 1 amide bonds. The van der Waals surface area contributed by atoms with Crippen molar-refractivity contribution in [2.24, 2.45) is 5.14 Å². The van der Waals surface area contributed by atoms with Gasteiger partial charge in [-0.05, 0) is 31.0 Å². The van der Waals surface area contributed by atoms with Gasteiger partial charge in [0.2, 0.25) is 15.9 Å². The van der Waals surface area contributed by atoms with Crippen LogP contribution in [-0.2, 0) is 14.8 Å². The van der Waals surface area contributed by atoms with Crippen LogP contribution < -0.4 is 15.8 Å². The summed E-state index contributed by atoms with van der Waals surface area (Å²) in [5, 5.41) is 19.5. The van der Waals surface area contributed by atoms with Crippen LogP contribution >= 0.6 is 0 Å². The van der Waals surface area contributed by atoms with E-state index in [9.17, 15) is 18.0 Å². The quantitative estimate of drug-likeness (QED) is 0.570. The Hall–Kier alpha value is -2.13. The van der Waals surface area contributed by atoms with Crippen molar-refractivity contribution in [3.05, 3.63) is 23.8 Å². The first-order valence-corrected chi connectivity index (χ1v) is 7.75. The number of amides is 1. The highest BCUT2D eigenvalue weighted by atomic mass is 32.2. The number of sulfonamides is 1. The number of nitrogens with one attached hydrogen (secondary N) is 2. The van der Waals surface area contributed by atoms with Crippen LogP contribution in [0.5, 0.6) is 0 Å². The van der Waals surface area contributed by atoms with Crippen LogP contribution in [0.2, 0.25) is 0 Å². The number of carboxylic acid groups (broad SMARTS) is 1. The Morgan fingerprint density at radius 2 is 2.00 bits per heavy atom. The number of aromatic carboxylic acids is 1. The zero-order valence-electron chi connectivity index (χ0n) is 11.0. The maximum atomic E-state index is 11.5. The molecule has 0 atom stereocenters. The number of carbonyl (C=O) groups is 2. The molecule has 9 heteroatoms. The van der Waals surface area contributed by atoms with Gasteiger partial charge in [-0.15, -0.1) is 0 Å². The van der Waals surface area contributed by atoms with Crippen molar-refractivity contribution in [1.82, 2.24) is 5.32 Å². The molecular formula is C12H15N3O5S. The van der Waals surface area contributed by atoms with E-state index in [1.54, 1.807) is 0 Å². The highest BCUT2D eigenvalue weighted by Gasteiger charge is 2.23. The summed E-state index contributed by atoms with van der Waals surface area (Å²) in [4.78, 5) is 22.4. The van der Waals surface area contributed by atoms with Gasteiger partial charge < -0.3 is 15.7 Å². The lowest BCUT2D eigenvalue weighted by atomic mass is 10.2. The minimum Gasteiger partial charge on any atom is -0.478 e. The Kier molecular flexibility index (Phi) is 4.14. The number of carboxylic acids is 1. The van der Waals surface area contributed by atoms with Crippen molar-refractivity contribution in [2.45, 2.75) is 23.8 Å². The van der Waals surface area contributed by atoms with E-state index >= 15 is 0 Å². The first kappa shape index (κ1) is 15.3. The van der Waals surface area contributed by atoms with Crippen LogP contribution in [-0.4, -0.2) is 38.0 Å². The predicted molar refractivity (Wildman–Crippen MR) is 74.4 cm³/mol. The van der Waals surface area contributed by atoms with E-state index in [2.05, 4.69) is 10.6 Å². The molecule has 1 aliphatic carbocycles. The fourth-order valence-electron chi connectivity index (χ4n) is 1.71. The molecular weight excluding hydrogens is 298 g/mol. The molecule has 2 rings (SSSR count). The van der Waals surface area contributed by atoms with Crippen LogP contribution in [0.15, 0.2) is 23.1 Å². The van der Waals surface area contributed by atoms with Gasteiger partial charge in [0.1, 0.15) is 0 Å². The predicted octanol–water partition coefficient (Wildman–Crippen LogP) is -0.277. The minimum atomic E-state index is -3.98. The Balaban J connectivity index is 2.14. The second kappa shape index (κ2) is 5.70. The van der Waals surface area contributed by atoms with Crippen LogP contribution in [0, 0.1) is 0 Å². The molecule has 1 fully saturated rings. The van der Waals surface area contributed by atoms with Gasteiger partial charge in [-0.2, -0.15) is 0 Å². The van der Waals surface area contributed by atoms with E-state index in [-0.39, 0.29) is 34.6 Å². The molecule has 1 aliphatic rings. The van der Waals surface area contributed by atoms with E-state index in [0.717, 1.165) is 18.9 Å². The zero-order chi connectivity index (χ0) is 15.6. The standard InChI is InChI=1S/C12H15N3O5S/c13-21(19,20)8-3-4-10(9(5-8)12(17)18)14-6-11(16)15-7-1-2-7/h3-5,7,14H,1-2,6H2,(H,15,16)(H,17,18)(H2,13,19,20). The SMILES string of the molecule is NS(=O)(=O)c1ccc(NCC(=O)NC2CC2)c(C(=O)O)c1. The fraction of sp³-hybridized carbons (Fsp3) is 0.333. The summed E-state index contributed by atoms with van der Waals surface area (Å²) in [6, 6.07) is 3.62. The molecule has 0 radical (unpaired) electrons. The van der Waals surface area contributed by atoms with Gasteiger partial charge in [-0.1, -0.05) is 0 Å². The van der Waals surface area contributed by atoms with Crippen molar-refractivity contribution in [1.29, 1.82) is 0 Å². The topological polar surface area (TPSA) is 139 Å². The van der Waals surface area contributed by atoms with Crippen LogP contribution in [0.4, 0.5) is 5.69 Å². The molecule has 5 N–H and O–H groups in total. The van der Waals surface area contributed by atoms with Crippen molar-refractivity contribution in [3.8, 4) is 0 Å². The van der Waals surface area contributed by atoms with Crippen molar-refractivity contribution in [2.75, 3.05) is 11.9 Å². The molecule has 0 aromatic heterocycles. The summed E-state index contributed by atoms with van der Waals surface area (Å²) in [5.41, 5.74) is -0.110. The molecule has 0 spiro atoms. The zero-order valence-corrected chi connectivity index (χ0v) is 11.8. The average molecular weight is 313 g/mol. The highest BCUT2D eigenvalue weighted by molar-refractivity contribution is 7.89. The summed E-state index contributed by atoms with van der Waals surface area (Å²) in [6.45, 7) is -0.0918. The van der Waals surface area contributed by atoms with Crippen molar-refractivity contribution < 1.29 is 23.1 Å². The van der Waals surface area contributed by atoms with Gasteiger partial charge in [-0.25, -0.2) is 18.4 Å². The maximum Gasteiger partial charge on any atom is 0.337 e. The summed E-state index contributed by atoms with van der Waals surface area (Å²) < 4.78 is 22.4. The molecule has 8 nitrogen and oxygen atoms in total. The second-order valence-corrected chi connectivity index (χ2v) is 6.31. The normalized spacial score (nSPS) is 14.5. The molecule has 0 heterocycles. The molecule has 114 valence electrons. The van der Waals surface area contributed by atoms with E-state index in [4.69, 9.17) is 10.2 Å². The number of anilines is 1. The summed E-state index contributed by atoms with van der Waals surface area (Å²) in [5.74, 6) is -1.56. The average Bonchev–Trinajstić information content (AvgIpc) is 3.18. The second-order valence-electron chi connectivity index (χ2n) is 4.75. The largest absolute Gasteiger partial charge is 0.478 e. The fourth-order valence-corrected chi connectivity index (χ4v) is 2.25. The van der Waals surface area contributed by atoms with Gasteiger partial charge in [0.05, 0.1) is 17.0 Å². The van der Waals surface area contributed by atoms with Crippen LogP contribution in [0.25, 0.3) is 0 Å². The molecule has 1 aromatic carbocycles. The highest BCUT2D eigenvalue weighted by Crippen LogP contribution is 2.20. The Morgan fingerprint density at radius 1 is 1.33 bits per heavy atom. The summed E-state index contributed by atoms with van der Waals surface area (Å²) in [7, 11) is -3.98. The molecule has 0 saturated heterocycles. The van der Waals surface area contributed by atoms with Crippen LogP contribution in [0.3, 0.4) is 0 Å². The molecule has 21 heavy (non-hydrogen) atoms. The molecule has 1 aromatic rings. The number of hydrogen-bond donors (Lipinski definition) is 4. The third kappa shape index (κ3) is 4.17. The third-order valence-corrected chi connectivity index (χ3v) is 3.84. The van der Waals surface area contributed by atoms with E-state index in [1.807, 2.05) is 0 Å².